The molecule has 0 aliphatic carbocycles. The van der Waals surface area contributed by atoms with E-state index in [0.29, 0.717) is 47.5 Å². The Bertz CT molecular complexity index is 1580. The van der Waals surface area contributed by atoms with E-state index >= 15 is 0 Å². The first-order valence-electron chi connectivity index (χ1n) is 12.3. The number of benzene rings is 3. The third-order valence-electron chi connectivity index (χ3n) is 6.07. The van der Waals surface area contributed by atoms with Gasteiger partial charge in [0.05, 0.1) is 12.0 Å². The maximum absolute atomic E-state index is 12.6. The van der Waals surface area contributed by atoms with E-state index in [2.05, 4.69) is 25.3 Å². The van der Waals surface area contributed by atoms with Crippen LogP contribution in [0.3, 0.4) is 0 Å². The summed E-state index contributed by atoms with van der Waals surface area (Å²) in [5.74, 6) is 2.04. The molecule has 0 unspecified atom stereocenters. The Morgan fingerprint density at radius 1 is 0.974 bits per heavy atom. The van der Waals surface area contributed by atoms with E-state index < -0.39 is 10.0 Å². The number of methoxy groups -OCH3 is 1. The van der Waals surface area contributed by atoms with Crippen molar-refractivity contribution in [2.45, 2.75) is 11.3 Å². The standard InChI is InChI=1S/C28H27N5O5S/c1-37-22-10-8-20(9-11-22)26(34)18-38-23-12-6-19(7-13-23)25-17-30-28-32-21-4-2-5-24(16-21)39(35,36)31-15-3-14-29-27(25)33-28/h2,4-13,16-17,31H,3,14-15,18H2,1H3,(H2,29,30,32,33). The van der Waals surface area contributed by atoms with Crippen molar-refractivity contribution >= 4 is 33.3 Å². The lowest BCUT2D eigenvalue weighted by atomic mass is 10.1. The highest BCUT2D eigenvalue weighted by Gasteiger charge is 2.16. The van der Waals surface area contributed by atoms with Gasteiger partial charge in [-0.05, 0) is 66.6 Å². The lowest BCUT2D eigenvalue weighted by molar-refractivity contribution is 0.0921. The van der Waals surface area contributed by atoms with Crippen LogP contribution in [0.25, 0.3) is 11.1 Å². The molecule has 10 nitrogen and oxygen atoms in total. The van der Waals surface area contributed by atoms with Crippen LogP contribution >= 0.6 is 0 Å². The van der Waals surface area contributed by atoms with Crippen LogP contribution in [-0.4, -0.2) is 51.0 Å². The summed E-state index contributed by atoms with van der Waals surface area (Å²) in [4.78, 5) is 21.7. The van der Waals surface area contributed by atoms with Crippen LogP contribution < -0.4 is 24.8 Å². The number of hydrogen-bond acceptors (Lipinski definition) is 9. The normalized spacial score (nSPS) is 14.4. The largest absolute Gasteiger partial charge is 0.497 e. The molecule has 11 heteroatoms. The van der Waals surface area contributed by atoms with Crippen molar-refractivity contribution in [1.82, 2.24) is 14.7 Å². The molecular weight excluding hydrogens is 518 g/mol. The molecule has 0 spiro atoms. The monoisotopic (exact) mass is 545 g/mol. The highest BCUT2D eigenvalue weighted by atomic mass is 32.2. The van der Waals surface area contributed by atoms with Crippen LogP contribution in [0.5, 0.6) is 11.5 Å². The van der Waals surface area contributed by atoms with Crippen LogP contribution in [-0.2, 0) is 10.0 Å². The van der Waals surface area contributed by atoms with Gasteiger partial charge in [0.1, 0.15) is 17.3 Å². The summed E-state index contributed by atoms with van der Waals surface area (Å²) in [5.41, 5.74) is 2.72. The van der Waals surface area contributed by atoms with Gasteiger partial charge in [-0.3, -0.25) is 4.79 Å². The SMILES string of the molecule is COc1ccc(C(=O)COc2ccc(-c3cnc4nc3NCCCNS(=O)(=O)c3cccc(c3)N4)cc2)cc1. The molecule has 0 amide bonds. The number of anilines is 3. The average molecular weight is 546 g/mol. The minimum absolute atomic E-state index is 0.0904. The quantitative estimate of drug-likeness (QED) is 0.304. The zero-order chi connectivity index (χ0) is 27.2. The van der Waals surface area contributed by atoms with Crippen LogP contribution in [0.4, 0.5) is 17.5 Å². The number of hydrogen-bond donors (Lipinski definition) is 3. The summed E-state index contributed by atoms with van der Waals surface area (Å²) in [7, 11) is -2.04. The summed E-state index contributed by atoms with van der Waals surface area (Å²) in [6.07, 6.45) is 2.26. The molecule has 0 saturated heterocycles. The van der Waals surface area contributed by atoms with Crippen molar-refractivity contribution in [2.24, 2.45) is 0 Å². The number of nitrogens with one attached hydrogen (secondary N) is 3. The zero-order valence-electron chi connectivity index (χ0n) is 21.2. The van der Waals surface area contributed by atoms with Crippen LogP contribution in [0.2, 0.25) is 0 Å². The number of carbonyl (C=O) groups is 1. The summed E-state index contributed by atoms with van der Waals surface area (Å²) >= 11 is 0. The van der Waals surface area contributed by atoms with Crippen LogP contribution in [0.15, 0.2) is 83.9 Å². The molecule has 4 bridgehead atoms. The maximum Gasteiger partial charge on any atom is 0.240 e. The van der Waals surface area contributed by atoms with Crippen molar-refractivity contribution < 1.29 is 22.7 Å². The molecule has 1 aliphatic heterocycles. The number of rotatable bonds is 6. The Morgan fingerprint density at radius 3 is 2.51 bits per heavy atom. The van der Waals surface area contributed by atoms with E-state index in [1.165, 1.54) is 0 Å². The Balaban J connectivity index is 1.32. The fraction of sp³-hybridized carbons (Fsp3) is 0.179. The second-order valence-electron chi connectivity index (χ2n) is 8.75. The fourth-order valence-corrected chi connectivity index (χ4v) is 5.10. The van der Waals surface area contributed by atoms with Gasteiger partial charge in [0.15, 0.2) is 12.4 Å². The topological polar surface area (TPSA) is 132 Å². The van der Waals surface area contributed by atoms with E-state index in [9.17, 15) is 13.2 Å². The molecule has 5 rings (SSSR count). The molecule has 0 atom stereocenters. The van der Waals surface area contributed by atoms with E-state index in [4.69, 9.17) is 9.47 Å². The fourth-order valence-electron chi connectivity index (χ4n) is 3.98. The molecule has 3 aromatic carbocycles. The third-order valence-corrected chi connectivity index (χ3v) is 7.53. The second-order valence-corrected chi connectivity index (χ2v) is 10.5. The Labute approximate surface area is 226 Å². The lowest BCUT2D eigenvalue weighted by Crippen LogP contribution is -2.26. The number of carbonyl (C=O) groups excluding carboxylic acids is 1. The molecule has 4 aromatic rings. The molecule has 3 N–H and O–H groups in total. The van der Waals surface area contributed by atoms with Crippen LogP contribution in [0.1, 0.15) is 16.8 Å². The van der Waals surface area contributed by atoms with E-state index in [0.717, 1.165) is 11.1 Å². The average Bonchev–Trinajstić information content (AvgIpc) is 2.96. The molecule has 200 valence electrons. The second kappa shape index (κ2) is 11.5. The van der Waals surface area contributed by atoms with Crippen molar-refractivity contribution in [2.75, 3.05) is 37.4 Å². The highest BCUT2D eigenvalue weighted by Crippen LogP contribution is 2.29. The van der Waals surface area contributed by atoms with Crippen molar-refractivity contribution in [3.63, 3.8) is 0 Å². The molecule has 0 saturated carbocycles. The first-order valence-corrected chi connectivity index (χ1v) is 13.8. The molecule has 1 aromatic heterocycles. The minimum atomic E-state index is -3.62. The highest BCUT2D eigenvalue weighted by molar-refractivity contribution is 7.89. The van der Waals surface area contributed by atoms with Gasteiger partial charge in [-0.1, -0.05) is 18.2 Å². The molecule has 2 heterocycles. The number of Topliss-reactive ketones (excluding diaryl/α,β-unsaturated/α-hetero) is 1. The number of aromatic nitrogens is 2. The molecule has 1 aliphatic rings. The number of sulfonamides is 1. The van der Waals surface area contributed by atoms with Gasteiger partial charge in [0.25, 0.3) is 0 Å². The van der Waals surface area contributed by atoms with Gasteiger partial charge in [-0.15, -0.1) is 0 Å². The van der Waals surface area contributed by atoms with Gasteiger partial charge in [0.2, 0.25) is 16.0 Å². The first-order chi connectivity index (χ1) is 18.9. The smallest absolute Gasteiger partial charge is 0.240 e. The first kappa shape index (κ1) is 26.1. The number of ether oxygens (including phenoxy) is 2. The van der Waals surface area contributed by atoms with Gasteiger partial charge in [0, 0.05) is 36.1 Å². The van der Waals surface area contributed by atoms with Crippen molar-refractivity contribution in [3.05, 3.63) is 84.6 Å². The minimum Gasteiger partial charge on any atom is -0.497 e. The van der Waals surface area contributed by atoms with E-state index in [1.807, 2.05) is 12.1 Å². The Kier molecular flexibility index (Phi) is 7.71. The maximum atomic E-state index is 12.6. The predicted octanol–water partition coefficient (Wildman–Crippen LogP) is 4.25. The molecule has 0 radical (unpaired) electrons. The van der Waals surface area contributed by atoms with Crippen molar-refractivity contribution in [3.8, 4) is 22.6 Å². The van der Waals surface area contributed by atoms with Gasteiger partial charge < -0.3 is 20.1 Å². The van der Waals surface area contributed by atoms with E-state index in [-0.39, 0.29) is 23.8 Å². The van der Waals surface area contributed by atoms with Gasteiger partial charge >= 0.3 is 0 Å². The van der Waals surface area contributed by atoms with Gasteiger partial charge in [-0.2, -0.15) is 4.98 Å². The van der Waals surface area contributed by atoms with Crippen LogP contribution in [0, 0.1) is 0 Å². The summed E-state index contributed by atoms with van der Waals surface area (Å²) in [6, 6.07) is 20.7. The van der Waals surface area contributed by atoms with Gasteiger partial charge in [-0.25, -0.2) is 18.1 Å². The predicted molar refractivity (Wildman–Crippen MR) is 148 cm³/mol. The number of fused-ring (bicyclic) bond motifs is 4. The zero-order valence-corrected chi connectivity index (χ0v) is 22.0. The lowest BCUT2D eigenvalue weighted by Gasteiger charge is -2.13. The molecule has 39 heavy (non-hydrogen) atoms. The Morgan fingerprint density at radius 2 is 1.74 bits per heavy atom. The Hall–Kier alpha value is -4.48. The summed E-state index contributed by atoms with van der Waals surface area (Å²) in [5, 5.41) is 6.38. The number of nitrogens with zero attached hydrogens (tertiary/aromatic N) is 2. The van der Waals surface area contributed by atoms with E-state index in [1.54, 1.807) is 74.0 Å². The third kappa shape index (κ3) is 6.33. The van der Waals surface area contributed by atoms with Crippen molar-refractivity contribution in [1.29, 1.82) is 0 Å². The molecular formula is C28H27N5O5S. The number of ketones is 1. The summed E-state index contributed by atoms with van der Waals surface area (Å²) < 4.78 is 38.6. The summed E-state index contributed by atoms with van der Waals surface area (Å²) in [6.45, 7) is 0.687. The molecule has 0 fully saturated rings.